The molecule has 11 heteroatoms. The van der Waals surface area contributed by atoms with Gasteiger partial charge in [0.15, 0.2) is 11.7 Å². The van der Waals surface area contributed by atoms with E-state index in [0.717, 1.165) is 29.8 Å². The van der Waals surface area contributed by atoms with E-state index in [9.17, 15) is 13.2 Å². The van der Waals surface area contributed by atoms with Crippen LogP contribution in [0.1, 0.15) is 30.5 Å². The number of guanidine groups is 1. The summed E-state index contributed by atoms with van der Waals surface area (Å²) >= 11 is 0.971. The van der Waals surface area contributed by atoms with Gasteiger partial charge in [-0.3, -0.25) is 4.90 Å². The van der Waals surface area contributed by atoms with E-state index in [4.69, 9.17) is 4.74 Å². The molecule has 1 aromatic heterocycles. The number of halogens is 4. The molecular formula is C16H27F3IN5OS. The van der Waals surface area contributed by atoms with Crippen LogP contribution in [-0.4, -0.2) is 61.8 Å². The Morgan fingerprint density at radius 3 is 2.67 bits per heavy atom. The highest BCUT2D eigenvalue weighted by Gasteiger charge is 2.33. The SMILES string of the molecule is CCNC(=NCc1nc(C(F)(F)F)cs1)NCCN(CCOC)C1CC1.I. The number of rotatable bonds is 10. The highest BCUT2D eigenvalue weighted by molar-refractivity contribution is 14.0. The van der Waals surface area contributed by atoms with Crippen molar-refractivity contribution in [3.8, 4) is 0 Å². The molecule has 1 aliphatic carbocycles. The van der Waals surface area contributed by atoms with Crippen molar-refractivity contribution in [3.63, 3.8) is 0 Å². The van der Waals surface area contributed by atoms with Crippen LogP contribution in [0.2, 0.25) is 0 Å². The van der Waals surface area contributed by atoms with Gasteiger partial charge in [-0.25, -0.2) is 9.98 Å². The first kappa shape index (κ1) is 24.4. The molecule has 0 radical (unpaired) electrons. The number of aliphatic imine (C=N–C) groups is 1. The predicted molar refractivity (Wildman–Crippen MR) is 112 cm³/mol. The molecule has 0 unspecified atom stereocenters. The van der Waals surface area contributed by atoms with Gasteiger partial charge < -0.3 is 15.4 Å². The second kappa shape index (κ2) is 12.0. The molecule has 0 spiro atoms. The van der Waals surface area contributed by atoms with E-state index >= 15 is 0 Å². The number of nitrogens with zero attached hydrogens (tertiary/aromatic N) is 3. The van der Waals surface area contributed by atoms with Gasteiger partial charge in [0.05, 0.1) is 13.2 Å². The van der Waals surface area contributed by atoms with Gasteiger partial charge in [0.25, 0.3) is 0 Å². The lowest BCUT2D eigenvalue weighted by Crippen LogP contribution is -2.42. The van der Waals surface area contributed by atoms with Crippen LogP contribution in [0, 0.1) is 0 Å². The fraction of sp³-hybridized carbons (Fsp3) is 0.750. The number of hydrogen-bond acceptors (Lipinski definition) is 5. The molecule has 0 saturated heterocycles. The van der Waals surface area contributed by atoms with Crippen molar-refractivity contribution >= 4 is 41.3 Å². The van der Waals surface area contributed by atoms with Gasteiger partial charge in [0.2, 0.25) is 0 Å². The maximum atomic E-state index is 12.6. The summed E-state index contributed by atoms with van der Waals surface area (Å²) in [6, 6.07) is 0.641. The van der Waals surface area contributed by atoms with Crippen LogP contribution < -0.4 is 10.6 Å². The topological polar surface area (TPSA) is 61.8 Å². The molecule has 27 heavy (non-hydrogen) atoms. The zero-order valence-electron chi connectivity index (χ0n) is 15.5. The second-order valence-electron chi connectivity index (χ2n) is 6.01. The summed E-state index contributed by atoms with van der Waals surface area (Å²) in [7, 11) is 1.70. The smallest absolute Gasteiger partial charge is 0.383 e. The highest BCUT2D eigenvalue weighted by atomic mass is 127. The molecule has 2 rings (SSSR count). The monoisotopic (exact) mass is 521 g/mol. The van der Waals surface area contributed by atoms with Gasteiger partial charge >= 0.3 is 6.18 Å². The Labute approximate surface area is 179 Å². The van der Waals surface area contributed by atoms with Crippen LogP contribution in [0.4, 0.5) is 13.2 Å². The molecule has 0 atom stereocenters. The highest BCUT2D eigenvalue weighted by Crippen LogP contribution is 2.30. The maximum Gasteiger partial charge on any atom is 0.434 e. The Hall–Kier alpha value is -0.660. The average molecular weight is 521 g/mol. The fourth-order valence-corrected chi connectivity index (χ4v) is 3.17. The Balaban J connectivity index is 0.00000364. The minimum absolute atomic E-state index is 0. The molecule has 0 amide bonds. The molecule has 1 heterocycles. The Bertz CT molecular complexity index is 581. The summed E-state index contributed by atoms with van der Waals surface area (Å²) in [5, 5.41) is 7.69. The Morgan fingerprint density at radius 1 is 1.37 bits per heavy atom. The van der Waals surface area contributed by atoms with Crippen LogP contribution in [-0.2, 0) is 17.5 Å². The van der Waals surface area contributed by atoms with E-state index < -0.39 is 11.9 Å². The Kier molecular flexibility index (Phi) is 10.9. The third-order valence-corrected chi connectivity index (χ3v) is 4.73. The summed E-state index contributed by atoms with van der Waals surface area (Å²) in [5.41, 5.74) is -0.858. The van der Waals surface area contributed by atoms with Crippen molar-refractivity contribution in [3.05, 3.63) is 16.1 Å². The first-order valence-electron chi connectivity index (χ1n) is 8.70. The third kappa shape index (κ3) is 8.92. The normalized spacial score (nSPS) is 15.0. The zero-order valence-corrected chi connectivity index (χ0v) is 18.7. The average Bonchev–Trinajstić information content (AvgIpc) is 3.31. The van der Waals surface area contributed by atoms with Crippen molar-refractivity contribution in [2.75, 3.05) is 39.9 Å². The lowest BCUT2D eigenvalue weighted by molar-refractivity contribution is -0.140. The molecule has 1 aromatic rings. The first-order valence-corrected chi connectivity index (χ1v) is 9.58. The fourth-order valence-electron chi connectivity index (χ4n) is 2.45. The van der Waals surface area contributed by atoms with E-state index in [1.54, 1.807) is 7.11 Å². The van der Waals surface area contributed by atoms with E-state index in [-0.39, 0.29) is 30.5 Å². The standard InChI is InChI=1S/C16H26F3N5OS.HI/c1-3-20-15(21-6-7-24(8-9-25-2)12-4-5-12)22-10-14-23-13(11-26-14)16(17,18)19;/h11-12H,3-10H2,1-2H3,(H2,20,21,22);1H. The molecule has 2 N–H and O–H groups in total. The van der Waals surface area contributed by atoms with E-state index in [0.29, 0.717) is 36.7 Å². The zero-order chi connectivity index (χ0) is 19.0. The molecule has 0 aliphatic heterocycles. The van der Waals surface area contributed by atoms with Crippen molar-refractivity contribution in [1.82, 2.24) is 20.5 Å². The second-order valence-corrected chi connectivity index (χ2v) is 6.95. The summed E-state index contributed by atoms with van der Waals surface area (Å²) in [5.74, 6) is 0.582. The van der Waals surface area contributed by atoms with Crippen LogP contribution >= 0.6 is 35.3 Å². The largest absolute Gasteiger partial charge is 0.434 e. The summed E-state index contributed by atoms with van der Waals surface area (Å²) in [6.07, 6.45) is -1.96. The molecule has 0 aromatic carbocycles. The number of aromatic nitrogens is 1. The molecule has 1 saturated carbocycles. The lowest BCUT2D eigenvalue weighted by atomic mass is 10.4. The van der Waals surface area contributed by atoms with Crippen LogP contribution in [0.25, 0.3) is 0 Å². The number of ether oxygens (including phenoxy) is 1. The van der Waals surface area contributed by atoms with Crippen LogP contribution in [0.3, 0.4) is 0 Å². The molecule has 0 bridgehead atoms. The van der Waals surface area contributed by atoms with Gasteiger partial charge in [0.1, 0.15) is 5.01 Å². The van der Waals surface area contributed by atoms with E-state index in [1.165, 1.54) is 12.8 Å². The van der Waals surface area contributed by atoms with Crippen LogP contribution in [0.5, 0.6) is 0 Å². The summed E-state index contributed by atoms with van der Waals surface area (Å²) < 4.78 is 42.9. The van der Waals surface area contributed by atoms with Crippen molar-refractivity contribution in [2.24, 2.45) is 4.99 Å². The number of thiazole rings is 1. The van der Waals surface area contributed by atoms with Crippen molar-refractivity contribution in [1.29, 1.82) is 0 Å². The van der Waals surface area contributed by atoms with Gasteiger partial charge in [0, 0.05) is 44.7 Å². The van der Waals surface area contributed by atoms with Crippen molar-refractivity contribution in [2.45, 2.75) is 38.5 Å². The summed E-state index contributed by atoms with van der Waals surface area (Å²) in [6.45, 7) is 5.91. The number of hydrogen-bond donors (Lipinski definition) is 2. The van der Waals surface area contributed by atoms with E-state index in [1.807, 2.05) is 6.92 Å². The number of methoxy groups -OCH3 is 1. The minimum atomic E-state index is -4.41. The predicted octanol–water partition coefficient (Wildman–Crippen LogP) is 2.95. The number of alkyl halides is 3. The van der Waals surface area contributed by atoms with Gasteiger partial charge in [-0.05, 0) is 19.8 Å². The van der Waals surface area contributed by atoms with Gasteiger partial charge in [-0.1, -0.05) is 0 Å². The summed E-state index contributed by atoms with van der Waals surface area (Å²) in [4.78, 5) is 10.3. The maximum absolute atomic E-state index is 12.6. The first-order chi connectivity index (χ1) is 12.4. The van der Waals surface area contributed by atoms with E-state index in [2.05, 4.69) is 25.5 Å². The quantitative estimate of drug-likeness (QED) is 0.282. The molecule has 6 nitrogen and oxygen atoms in total. The van der Waals surface area contributed by atoms with Gasteiger partial charge in [-0.15, -0.1) is 35.3 Å². The molecule has 1 fully saturated rings. The third-order valence-electron chi connectivity index (χ3n) is 3.90. The molecular weight excluding hydrogens is 494 g/mol. The minimum Gasteiger partial charge on any atom is -0.383 e. The van der Waals surface area contributed by atoms with Crippen molar-refractivity contribution < 1.29 is 17.9 Å². The Morgan fingerprint density at radius 2 is 2.11 bits per heavy atom. The lowest BCUT2D eigenvalue weighted by Gasteiger charge is -2.22. The van der Waals surface area contributed by atoms with Crippen LogP contribution in [0.15, 0.2) is 10.4 Å². The molecule has 1 aliphatic rings. The van der Waals surface area contributed by atoms with Gasteiger partial charge in [-0.2, -0.15) is 13.2 Å². The molecule has 156 valence electrons. The number of nitrogens with one attached hydrogen (secondary N) is 2.